The predicted molar refractivity (Wildman–Crippen MR) is 166 cm³/mol. The highest BCUT2D eigenvalue weighted by Gasteiger charge is 2.24. The molecule has 1 atom stereocenters. The van der Waals surface area contributed by atoms with Gasteiger partial charge in [-0.1, -0.05) is 48.0 Å². The minimum atomic E-state index is -0.539. The first-order valence-corrected chi connectivity index (χ1v) is 13.9. The lowest BCUT2D eigenvalue weighted by Gasteiger charge is -2.24. The minimum absolute atomic E-state index is 0.0517. The van der Waals surface area contributed by atoms with Gasteiger partial charge in [0.2, 0.25) is 5.88 Å². The van der Waals surface area contributed by atoms with Crippen LogP contribution >= 0.6 is 11.6 Å². The lowest BCUT2D eigenvalue weighted by Crippen LogP contribution is -2.27. The summed E-state index contributed by atoms with van der Waals surface area (Å²) in [6.07, 6.45) is 4.52. The van der Waals surface area contributed by atoms with Gasteiger partial charge in [-0.3, -0.25) is 14.2 Å². The maximum atomic E-state index is 14.5. The number of hydrogen-bond donors (Lipinski definition) is 2. The molecule has 4 aromatic heterocycles. The van der Waals surface area contributed by atoms with Crippen LogP contribution < -0.4 is 21.0 Å². The van der Waals surface area contributed by atoms with Crippen molar-refractivity contribution in [3.8, 4) is 22.7 Å². The molecule has 9 nitrogen and oxygen atoms in total. The van der Waals surface area contributed by atoms with E-state index in [4.69, 9.17) is 16.3 Å². The third-order valence-electron chi connectivity index (χ3n) is 6.91. The second-order valence-corrected chi connectivity index (χ2v) is 10.5. The first-order valence-electron chi connectivity index (χ1n) is 13.5. The summed E-state index contributed by atoms with van der Waals surface area (Å²) in [6.45, 7) is 5.74. The van der Waals surface area contributed by atoms with Crippen molar-refractivity contribution in [3.05, 3.63) is 117 Å². The van der Waals surface area contributed by atoms with E-state index >= 15 is 0 Å². The molecule has 42 heavy (non-hydrogen) atoms. The van der Waals surface area contributed by atoms with Crippen LogP contribution in [-0.2, 0) is 0 Å². The number of H-pyrrole nitrogens is 1. The molecule has 10 heteroatoms. The Hall–Kier alpha value is -5.02. The molecule has 6 rings (SSSR count). The summed E-state index contributed by atoms with van der Waals surface area (Å²) >= 11 is 7.20. The quantitative estimate of drug-likeness (QED) is 0.228. The molecule has 0 aliphatic heterocycles. The number of anilines is 1. The van der Waals surface area contributed by atoms with Gasteiger partial charge in [0.1, 0.15) is 23.2 Å². The number of halogens is 1. The topological polar surface area (TPSA) is 115 Å². The molecule has 2 aromatic carbocycles. The van der Waals surface area contributed by atoms with Crippen LogP contribution in [0.4, 0.5) is 5.82 Å². The van der Waals surface area contributed by atoms with Gasteiger partial charge in [0.05, 0.1) is 28.2 Å². The van der Waals surface area contributed by atoms with Crippen LogP contribution in [0.2, 0.25) is 5.02 Å². The number of aromatic nitrogens is 5. The molecule has 0 fully saturated rings. The Balaban J connectivity index is 1.59. The summed E-state index contributed by atoms with van der Waals surface area (Å²) in [4.78, 5) is 43.1. The maximum absolute atomic E-state index is 14.5. The molecule has 0 radical (unpaired) electrons. The van der Waals surface area contributed by atoms with E-state index < -0.39 is 6.04 Å². The number of benzene rings is 2. The second kappa shape index (κ2) is 11.1. The molecule has 0 unspecified atom stereocenters. The largest absolute Gasteiger partial charge is 0.475 e. The van der Waals surface area contributed by atoms with Gasteiger partial charge in [-0.15, -0.1) is 0 Å². The van der Waals surface area contributed by atoms with Crippen molar-refractivity contribution in [2.24, 2.45) is 0 Å². The van der Waals surface area contributed by atoms with Gasteiger partial charge in [-0.05, 0) is 50.1 Å². The molecule has 0 spiro atoms. The average Bonchev–Trinajstić information content (AvgIpc) is 2.99. The molecule has 0 amide bonds. The highest BCUT2D eigenvalue weighted by Crippen LogP contribution is 2.37. The molecule has 2 N–H and O–H groups in total. The van der Waals surface area contributed by atoms with Gasteiger partial charge < -0.3 is 15.0 Å². The van der Waals surface area contributed by atoms with Crippen LogP contribution in [0, 0.1) is 0 Å². The third-order valence-corrected chi connectivity index (χ3v) is 7.31. The Labute approximate surface area is 245 Å². The molecule has 0 saturated carbocycles. The van der Waals surface area contributed by atoms with Crippen LogP contribution in [-0.4, -0.2) is 30.6 Å². The minimum Gasteiger partial charge on any atom is -0.475 e. The molecule has 6 aromatic rings. The van der Waals surface area contributed by atoms with E-state index in [1.165, 1.54) is 18.6 Å². The van der Waals surface area contributed by atoms with Crippen molar-refractivity contribution >= 4 is 39.2 Å². The van der Waals surface area contributed by atoms with Crippen molar-refractivity contribution in [1.82, 2.24) is 24.5 Å². The molecule has 4 heterocycles. The Morgan fingerprint density at radius 1 is 0.929 bits per heavy atom. The van der Waals surface area contributed by atoms with Crippen LogP contribution in [0.5, 0.6) is 5.88 Å². The van der Waals surface area contributed by atoms with E-state index in [9.17, 15) is 9.59 Å². The highest BCUT2D eigenvalue weighted by molar-refractivity contribution is 6.36. The summed E-state index contributed by atoms with van der Waals surface area (Å²) in [5.74, 6) is 0.802. The zero-order valence-corrected chi connectivity index (χ0v) is 23.9. The highest BCUT2D eigenvalue weighted by atomic mass is 35.5. The van der Waals surface area contributed by atoms with Gasteiger partial charge in [0.15, 0.2) is 5.43 Å². The third kappa shape index (κ3) is 4.88. The van der Waals surface area contributed by atoms with E-state index in [-0.39, 0.29) is 17.1 Å². The van der Waals surface area contributed by atoms with Crippen molar-refractivity contribution in [1.29, 1.82) is 0 Å². The Kier molecular flexibility index (Phi) is 7.18. The molecule has 0 aliphatic rings. The number of fused-ring (bicyclic) bond motifs is 2. The smallest absolute Gasteiger partial charge is 0.263 e. The van der Waals surface area contributed by atoms with E-state index in [1.54, 1.807) is 10.8 Å². The fourth-order valence-corrected chi connectivity index (χ4v) is 5.56. The maximum Gasteiger partial charge on any atom is 0.263 e. The van der Waals surface area contributed by atoms with Crippen molar-refractivity contribution in [2.75, 3.05) is 5.32 Å². The molecular weight excluding hydrogens is 552 g/mol. The van der Waals surface area contributed by atoms with Crippen molar-refractivity contribution in [2.45, 2.75) is 32.9 Å². The standard InChI is InChI=1S/C32H27ClN6O3/c1-18(2)42-25-16-20(12-14-34-25)22-10-7-11-23-26(22)32(41)39(21-8-5-4-6-9-21)29(28(23)33)19(3)38-31-27-24(40)13-15-35-30(27)36-17-37-31/h4-19H,1-3H3,(H2,35,36,37,38,40)/t19-/m0/s1. The lowest BCUT2D eigenvalue weighted by atomic mass is 9.98. The van der Waals surface area contributed by atoms with E-state index in [2.05, 4.69) is 25.3 Å². The molecule has 210 valence electrons. The Bertz CT molecular complexity index is 2050. The number of nitrogens with one attached hydrogen (secondary N) is 2. The normalized spacial score (nSPS) is 12.1. The lowest BCUT2D eigenvalue weighted by molar-refractivity contribution is 0.233. The van der Waals surface area contributed by atoms with E-state index in [0.29, 0.717) is 55.5 Å². The van der Waals surface area contributed by atoms with Crippen LogP contribution in [0.1, 0.15) is 32.5 Å². The van der Waals surface area contributed by atoms with E-state index in [0.717, 1.165) is 5.56 Å². The van der Waals surface area contributed by atoms with Crippen molar-refractivity contribution < 1.29 is 4.74 Å². The van der Waals surface area contributed by atoms with Crippen LogP contribution in [0.15, 0.2) is 95.0 Å². The molecular formula is C32H27ClN6O3. The van der Waals surface area contributed by atoms with Crippen LogP contribution in [0.3, 0.4) is 0 Å². The summed E-state index contributed by atoms with van der Waals surface area (Å²) < 4.78 is 7.44. The zero-order chi connectivity index (χ0) is 29.4. The predicted octanol–water partition coefficient (Wildman–Crippen LogP) is 6.30. The number of hydrogen-bond acceptors (Lipinski definition) is 7. The fraction of sp³-hybridized carbons (Fsp3) is 0.156. The van der Waals surface area contributed by atoms with Gasteiger partial charge in [-0.25, -0.2) is 15.0 Å². The Morgan fingerprint density at radius 3 is 2.52 bits per heavy atom. The summed E-state index contributed by atoms with van der Waals surface area (Å²) in [6, 6.07) is 19.5. The molecule has 0 saturated heterocycles. The van der Waals surface area contributed by atoms with Gasteiger partial charge >= 0.3 is 0 Å². The number of para-hydroxylation sites is 1. The number of pyridine rings is 3. The molecule has 0 aliphatic carbocycles. The van der Waals surface area contributed by atoms with E-state index in [1.807, 2.05) is 81.4 Å². The number of aromatic amines is 1. The summed E-state index contributed by atoms with van der Waals surface area (Å²) in [5.41, 5.74) is 2.59. The Morgan fingerprint density at radius 2 is 1.74 bits per heavy atom. The number of rotatable bonds is 7. The average molecular weight is 579 g/mol. The van der Waals surface area contributed by atoms with Crippen molar-refractivity contribution in [3.63, 3.8) is 0 Å². The molecule has 0 bridgehead atoms. The first-order chi connectivity index (χ1) is 20.3. The first kappa shape index (κ1) is 27.2. The summed E-state index contributed by atoms with van der Waals surface area (Å²) in [5, 5.41) is 5.10. The van der Waals surface area contributed by atoms with Gasteiger partial charge in [-0.2, -0.15) is 0 Å². The van der Waals surface area contributed by atoms with Gasteiger partial charge in [0.25, 0.3) is 5.56 Å². The number of ether oxygens (including phenoxy) is 1. The fourth-order valence-electron chi connectivity index (χ4n) is 5.15. The zero-order valence-electron chi connectivity index (χ0n) is 23.1. The summed E-state index contributed by atoms with van der Waals surface area (Å²) in [7, 11) is 0. The van der Waals surface area contributed by atoms with Crippen LogP contribution in [0.25, 0.3) is 38.6 Å². The SMILES string of the molecule is CC(C)Oc1cc(-c2cccc3c(Cl)c([C@H](C)Nc4ncnc5[nH]ccc(=O)c45)n(-c4ccccc4)c(=O)c23)ccn1. The van der Waals surface area contributed by atoms with Gasteiger partial charge in [0, 0.05) is 35.6 Å². The monoisotopic (exact) mass is 578 g/mol. The second-order valence-electron chi connectivity index (χ2n) is 10.1. The number of nitrogens with zero attached hydrogens (tertiary/aromatic N) is 4.